The summed E-state index contributed by atoms with van der Waals surface area (Å²) in [6, 6.07) is 10.0. The molecule has 4 aromatic heterocycles. The molecule has 0 saturated carbocycles. The molecule has 0 aliphatic rings. The number of halogens is 2. The number of hydrogen-bond acceptors (Lipinski definition) is 8. The zero-order valence-corrected chi connectivity index (χ0v) is 33.1. The van der Waals surface area contributed by atoms with Crippen molar-refractivity contribution in [2.75, 3.05) is 10.6 Å². The predicted molar refractivity (Wildman–Crippen MR) is 219 cm³/mol. The number of aryl methyl sites for hydroxylation is 6. The highest BCUT2D eigenvalue weighted by Gasteiger charge is 2.24. The molecule has 278 valence electrons. The zero-order valence-electron chi connectivity index (χ0n) is 28.8. The molecule has 4 amide bonds. The molecule has 0 radical (unpaired) electrons. The summed E-state index contributed by atoms with van der Waals surface area (Å²) in [7, 11) is 0. The number of fused-ring (bicyclic) bond motifs is 2. The Morgan fingerprint density at radius 3 is 1.40 bits per heavy atom. The van der Waals surface area contributed by atoms with Crippen molar-refractivity contribution in [3.05, 3.63) is 77.4 Å². The molecule has 2 aromatic carbocycles. The normalized spacial score (nSPS) is 11.2. The number of carbonyl (C=O) groups excluding carboxylic acids is 4. The highest BCUT2D eigenvalue weighted by Crippen LogP contribution is 2.27. The van der Waals surface area contributed by atoms with Crippen LogP contribution in [0.15, 0.2) is 36.4 Å². The second-order valence-electron chi connectivity index (χ2n) is 12.1. The van der Waals surface area contributed by atoms with Crippen molar-refractivity contribution in [3.63, 3.8) is 0 Å². The molecule has 0 unspecified atom stereocenters. The van der Waals surface area contributed by atoms with E-state index < -0.39 is 11.8 Å². The summed E-state index contributed by atoms with van der Waals surface area (Å²) in [6.07, 6.45) is 1.25. The van der Waals surface area contributed by atoms with E-state index in [0.717, 1.165) is 18.5 Å². The molecule has 0 aliphatic heterocycles. The average Bonchev–Trinajstić information content (AvgIpc) is 3.81. The summed E-state index contributed by atoms with van der Waals surface area (Å²) in [4.78, 5) is 60.5. The van der Waals surface area contributed by atoms with Crippen molar-refractivity contribution in [3.8, 4) is 0 Å². The van der Waals surface area contributed by atoms with E-state index in [1.54, 1.807) is 45.8 Å². The Morgan fingerprint density at radius 2 is 1.06 bits per heavy atom. The van der Waals surface area contributed by atoms with Gasteiger partial charge in [-0.15, -0.1) is 0 Å². The molecule has 6 aromatic rings. The van der Waals surface area contributed by atoms with Crippen molar-refractivity contribution in [1.29, 1.82) is 0 Å². The number of primary amides is 2. The monoisotopic (exact) mass is 946 g/mol. The second kappa shape index (κ2) is 16.0. The first-order valence-corrected chi connectivity index (χ1v) is 18.7. The van der Waals surface area contributed by atoms with E-state index in [-0.39, 0.29) is 19.2 Å². The van der Waals surface area contributed by atoms with Gasteiger partial charge in [0.25, 0.3) is 11.8 Å². The average molecular weight is 947 g/mol. The maximum absolute atomic E-state index is 13.6. The molecular formula is C35H40I2N12O4. The third-order valence-electron chi connectivity index (χ3n) is 8.67. The molecule has 6 N–H and O–H groups in total. The van der Waals surface area contributed by atoms with Gasteiger partial charge >= 0.3 is 0 Å². The lowest BCUT2D eigenvalue weighted by atomic mass is 10.2. The fourth-order valence-electron chi connectivity index (χ4n) is 6.08. The standard InChI is InChI=1S/C34H36I2N12O4.CH4/c1-5-47-27(25(35)17(3)43-47)31(51)41-33-39-21-15-19(29(37)49)9-11-23(21)45(33)13-7-8-14-46-24-12-10-20(30(38)50)16-22(24)40-34(46)42-32(52)28-26(36)18(4)44-48(28)6-2;/h9-12,15-16H,5-8,13-14H2,1-4H3,(H2,37,49)(H2,38,50)(H,39,41,51)(H,40,42,52);1H4. The van der Waals surface area contributed by atoms with E-state index in [1.807, 2.05) is 36.8 Å². The summed E-state index contributed by atoms with van der Waals surface area (Å²) < 4.78 is 8.60. The summed E-state index contributed by atoms with van der Waals surface area (Å²) in [5.41, 5.74) is 16.5. The number of benzene rings is 2. The molecule has 4 heterocycles. The largest absolute Gasteiger partial charge is 0.366 e. The Labute approximate surface area is 332 Å². The minimum atomic E-state index is -0.582. The van der Waals surface area contributed by atoms with Gasteiger partial charge in [-0.05, 0) is 122 Å². The number of rotatable bonds is 13. The molecule has 0 saturated heterocycles. The van der Waals surface area contributed by atoms with Crippen LogP contribution < -0.4 is 22.1 Å². The Morgan fingerprint density at radius 1 is 0.679 bits per heavy atom. The Hall–Kier alpha value is -4.86. The quantitative estimate of drug-likeness (QED) is 0.0859. The number of anilines is 2. The van der Waals surface area contributed by atoms with Crippen molar-refractivity contribution < 1.29 is 19.2 Å². The molecule has 53 heavy (non-hydrogen) atoms. The zero-order chi connectivity index (χ0) is 37.4. The van der Waals surface area contributed by atoms with Crippen molar-refractivity contribution >= 4 is 103 Å². The van der Waals surface area contributed by atoms with Gasteiger partial charge in [0.1, 0.15) is 11.4 Å². The van der Waals surface area contributed by atoms with Crippen LogP contribution in [0.25, 0.3) is 22.1 Å². The predicted octanol–water partition coefficient (Wildman–Crippen LogP) is 5.46. The number of nitrogens with one attached hydrogen (secondary N) is 2. The van der Waals surface area contributed by atoms with Gasteiger partial charge in [0.2, 0.25) is 23.7 Å². The maximum Gasteiger partial charge on any atom is 0.277 e. The van der Waals surface area contributed by atoms with Gasteiger partial charge in [-0.3, -0.25) is 39.2 Å². The molecular weight excluding hydrogens is 906 g/mol. The lowest BCUT2D eigenvalue weighted by Gasteiger charge is -2.13. The van der Waals surface area contributed by atoms with Crippen molar-refractivity contribution in [2.45, 2.75) is 74.1 Å². The number of carbonyl (C=O) groups is 4. The van der Waals surface area contributed by atoms with E-state index in [4.69, 9.17) is 11.5 Å². The first kappa shape index (κ1) is 39.3. The van der Waals surface area contributed by atoms with Crippen LogP contribution in [-0.4, -0.2) is 62.3 Å². The Balaban J connectivity index is 0.00000541. The van der Waals surface area contributed by atoms with E-state index in [1.165, 1.54) is 0 Å². The highest BCUT2D eigenvalue weighted by atomic mass is 127. The van der Waals surface area contributed by atoms with E-state index in [2.05, 4.69) is 76.0 Å². The minimum Gasteiger partial charge on any atom is -0.366 e. The van der Waals surface area contributed by atoms with Crippen molar-refractivity contribution in [2.24, 2.45) is 11.5 Å². The summed E-state index contributed by atoms with van der Waals surface area (Å²) in [6.45, 7) is 9.48. The highest BCUT2D eigenvalue weighted by molar-refractivity contribution is 14.1. The van der Waals surface area contributed by atoms with Gasteiger partial charge in [0.05, 0.1) is 40.6 Å². The van der Waals surface area contributed by atoms with Crippen LogP contribution >= 0.6 is 45.2 Å². The molecule has 16 nitrogen and oxygen atoms in total. The number of unbranched alkanes of at least 4 members (excludes halogenated alkanes) is 1. The van der Waals surface area contributed by atoms with E-state index in [9.17, 15) is 19.2 Å². The van der Waals surface area contributed by atoms with Crippen LogP contribution in [0.2, 0.25) is 0 Å². The van der Waals surface area contributed by atoms with E-state index in [0.29, 0.717) is 95.5 Å². The summed E-state index contributed by atoms with van der Waals surface area (Å²) >= 11 is 4.24. The number of nitrogens with two attached hydrogens (primary N) is 2. The maximum atomic E-state index is 13.6. The number of aromatic nitrogens is 8. The smallest absolute Gasteiger partial charge is 0.277 e. The van der Waals surface area contributed by atoms with Crippen molar-refractivity contribution in [1.82, 2.24) is 38.7 Å². The molecule has 0 fully saturated rings. The Bertz CT molecular complexity index is 2240. The van der Waals surface area contributed by atoms with Gasteiger partial charge < -0.3 is 20.6 Å². The number of hydrogen-bond donors (Lipinski definition) is 4. The fourth-order valence-corrected chi connectivity index (χ4v) is 7.34. The molecule has 0 spiro atoms. The van der Waals surface area contributed by atoms with Gasteiger partial charge in [-0.1, -0.05) is 7.43 Å². The van der Waals surface area contributed by atoms with Gasteiger partial charge in [-0.25, -0.2) is 9.97 Å². The first-order valence-electron chi connectivity index (χ1n) is 16.5. The first-order chi connectivity index (χ1) is 24.8. The number of amides is 4. The number of nitrogens with zero attached hydrogens (tertiary/aromatic N) is 8. The molecule has 0 atom stereocenters. The van der Waals surface area contributed by atoms with Crippen LogP contribution in [-0.2, 0) is 26.2 Å². The molecule has 18 heteroatoms. The number of imidazole rings is 2. The minimum absolute atomic E-state index is 0. The third-order valence-corrected chi connectivity index (χ3v) is 11.3. The fraction of sp³-hybridized carbons (Fsp3) is 0.314. The van der Waals surface area contributed by atoms with Gasteiger partial charge in [-0.2, -0.15) is 10.2 Å². The van der Waals surface area contributed by atoms with Crippen LogP contribution in [0.1, 0.15) is 87.2 Å². The van der Waals surface area contributed by atoms with Crippen LogP contribution in [0.3, 0.4) is 0 Å². The lowest BCUT2D eigenvalue weighted by molar-refractivity contribution is 0.0992. The SMILES string of the molecule is C.CCn1nc(C)c(I)c1C(=O)Nc1nc2cc(C(N)=O)ccc2n1CCCCn1c(NC(=O)c2c(I)c(C)nn2CC)nc2cc(C(N)=O)ccc21. The molecule has 0 aliphatic carbocycles. The molecule has 0 bridgehead atoms. The summed E-state index contributed by atoms with van der Waals surface area (Å²) in [5, 5.41) is 14.9. The lowest BCUT2D eigenvalue weighted by Crippen LogP contribution is -2.21. The van der Waals surface area contributed by atoms with Crippen LogP contribution in [0.5, 0.6) is 0 Å². The second-order valence-corrected chi connectivity index (χ2v) is 14.2. The van der Waals surface area contributed by atoms with Gasteiger partial charge in [0, 0.05) is 37.3 Å². The van der Waals surface area contributed by atoms with E-state index >= 15 is 0 Å². The van der Waals surface area contributed by atoms with Crippen LogP contribution in [0.4, 0.5) is 11.9 Å². The third kappa shape index (κ3) is 7.64. The Kier molecular flexibility index (Phi) is 11.9. The van der Waals surface area contributed by atoms with Crippen LogP contribution in [0, 0.1) is 21.0 Å². The topological polar surface area (TPSA) is 216 Å². The molecule has 6 rings (SSSR count). The summed E-state index contributed by atoms with van der Waals surface area (Å²) in [5.74, 6) is -1.24. The van der Waals surface area contributed by atoms with Gasteiger partial charge in [0.15, 0.2) is 0 Å².